The van der Waals surface area contributed by atoms with Gasteiger partial charge in [0.1, 0.15) is 28.7 Å². The van der Waals surface area contributed by atoms with Crippen molar-refractivity contribution in [2.45, 2.75) is 58.3 Å². The maximum Gasteiger partial charge on any atom is 0.410 e. The van der Waals surface area contributed by atoms with Crippen molar-refractivity contribution in [1.82, 2.24) is 14.8 Å². The van der Waals surface area contributed by atoms with E-state index < -0.39 is 29.2 Å². The zero-order valence-electron chi connectivity index (χ0n) is 29.1. The summed E-state index contributed by atoms with van der Waals surface area (Å²) in [5.41, 5.74) is 0.994. The molecular weight excluding hydrogens is 650 g/mol. The molecule has 2 aromatic carbocycles. The molecule has 0 unspecified atom stereocenters. The highest BCUT2D eigenvalue weighted by Gasteiger charge is 2.37. The van der Waals surface area contributed by atoms with Gasteiger partial charge in [-0.15, -0.1) is 0 Å². The number of rotatable bonds is 9. The minimum atomic E-state index is -0.680. The number of piperidine rings is 1. The van der Waals surface area contributed by atoms with E-state index in [1.807, 2.05) is 4.90 Å². The predicted octanol–water partition coefficient (Wildman–Crippen LogP) is 5.92. The van der Waals surface area contributed by atoms with E-state index in [9.17, 15) is 9.59 Å². The monoisotopic (exact) mass is 694 g/mol. The third-order valence-corrected chi connectivity index (χ3v) is 8.94. The number of aromatic nitrogens is 1. The van der Waals surface area contributed by atoms with Crippen LogP contribution in [0.2, 0.25) is 0 Å². The largest absolute Gasteiger partial charge is 0.497 e. The first-order valence-corrected chi connectivity index (χ1v) is 16.8. The third kappa shape index (κ3) is 7.64. The van der Waals surface area contributed by atoms with E-state index in [2.05, 4.69) is 15.6 Å². The van der Waals surface area contributed by atoms with Crippen molar-refractivity contribution in [3.63, 3.8) is 0 Å². The summed E-state index contributed by atoms with van der Waals surface area (Å²) in [6.07, 6.45) is 0.880. The fourth-order valence-electron chi connectivity index (χ4n) is 6.45. The van der Waals surface area contributed by atoms with Crippen molar-refractivity contribution < 1.29 is 37.3 Å². The van der Waals surface area contributed by atoms with E-state index in [1.54, 1.807) is 63.1 Å². The van der Waals surface area contributed by atoms with Gasteiger partial charge < -0.3 is 44.3 Å². The molecule has 0 saturated carbocycles. The number of nitrogens with one attached hydrogen (secondary N) is 2. The fourth-order valence-corrected chi connectivity index (χ4v) is 6.45. The summed E-state index contributed by atoms with van der Waals surface area (Å²) in [6.45, 7) is 8.67. The van der Waals surface area contributed by atoms with Gasteiger partial charge in [0.05, 0.1) is 45.2 Å². The lowest BCUT2D eigenvalue weighted by Crippen LogP contribution is -2.47. The van der Waals surface area contributed by atoms with E-state index in [-0.39, 0.29) is 54.1 Å². The molecular formula is C36H44F2N6O6. The van der Waals surface area contributed by atoms with Gasteiger partial charge >= 0.3 is 6.09 Å². The number of methoxy groups -OCH3 is 2. The van der Waals surface area contributed by atoms with Crippen LogP contribution in [0, 0.1) is 11.6 Å². The molecule has 4 heterocycles. The number of carbonyl (C=O) groups is 2. The molecule has 268 valence electrons. The van der Waals surface area contributed by atoms with Crippen LogP contribution in [0.15, 0.2) is 36.4 Å². The molecule has 0 radical (unpaired) electrons. The summed E-state index contributed by atoms with van der Waals surface area (Å²) in [5, 5.41) is 6.18. The molecule has 2 amide bonds. The summed E-state index contributed by atoms with van der Waals surface area (Å²) < 4.78 is 53.9. The molecule has 14 heteroatoms. The van der Waals surface area contributed by atoms with Crippen molar-refractivity contribution >= 4 is 35.0 Å². The van der Waals surface area contributed by atoms with Gasteiger partial charge in [0.2, 0.25) is 0 Å². The second kappa shape index (κ2) is 14.6. The van der Waals surface area contributed by atoms with Crippen LogP contribution < -0.4 is 25.0 Å². The number of pyridine rings is 1. The lowest BCUT2D eigenvalue weighted by Gasteiger charge is -2.34. The lowest BCUT2D eigenvalue weighted by atomic mass is 10.1. The van der Waals surface area contributed by atoms with Crippen LogP contribution >= 0.6 is 0 Å². The van der Waals surface area contributed by atoms with Crippen molar-refractivity contribution in [1.29, 1.82) is 0 Å². The van der Waals surface area contributed by atoms with Gasteiger partial charge in [-0.1, -0.05) is 0 Å². The number of hydrogen-bond donors (Lipinski definition) is 2. The first kappa shape index (κ1) is 35.0. The number of amides is 2. The molecule has 2 fully saturated rings. The first-order valence-electron chi connectivity index (χ1n) is 16.8. The average molecular weight is 695 g/mol. The molecule has 0 spiro atoms. The maximum atomic E-state index is 16.4. The van der Waals surface area contributed by atoms with Crippen molar-refractivity contribution in [2.24, 2.45) is 0 Å². The quantitative estimate of drug-likeness (QED) is 0.280. The maximum absolute atomic E-state index is 16.4. The van der Waals surface area contributed by atoms with E-state index >= 15 is 8.78 Å². The number of anilines is 4. The Morgan fingerprint density at radius 1 is 1.04 bits per heavy atom. The zero-order chi connectivity index (χ0) is 35.6. The number of fused-ring (bicyclic) bond motifs is 1. The minimum Gasteiger partial charge on any atom is -0.497 e. The Morgan fingerprint density at radius 3 is 2.52 bits per heavy atom. The average Bonchev–Trinajstić information content (AvgIpc) is 3.43. The third-order valence-electron chi connectivity index (χ3n) is 8.94. The van der Waals surface area contributed by atoms with Crippen LogP contribution in [0.5, 0.6) is 11.5 Å². The molecule has 2 saturated heterocycles. The van der Waals surface area contributed by atoms with E-state index in [4.69, 9.17) is 18.9 Å². The predicted molar refractivity (Wildman–Crippen MR) is 184 cm³/mol. The number of carbonyl (C=O) groups excluding carboxylic acids is 2. The number of nitrogens with zero attached hydrogens (tertiary/aromatic N) is 4. The summed E-state index contributed by atoms with van der Waals surface area (Å²) in [4.78, 5) is 36.5. The van der Waals surface area contributed by atoms with Gasteiger partial charge in [-0.05, 0) is 63.9 Å². The Kier molecular flexibility index (Phi) is 10.2. The summed E-state index contributed by atoms with van der Waals surface area (Å²) in [7, 11) is 3.07. The Bertz CT molecular complexity index is 1740. The van der Waals surface area contributed by atoms with Crippen LogP contribution in [0.3, 0.4) is 0 Å². The second-order valence-corrected chi connectivity index (χ2v) is 13.6. The first-order chi connectivity index (χ1) is 23.9. The summed E-state index contributed by atoms with van der Waals surface area (Å²) in [6, 6.07) is 9.73. The second-order valence-electron chi connectivity index (χ2n) is 13.6. The Hall–Kier alpha value is -4.85. The van der Waals surface area contributed by atoms with Crippen molar-refractivity contribution in [3.05, 3.63) is 64.7 Å². The minimum absolute atomic E-state index is 0.0240. The van der Waals surface area contributed by atoms with Crippen LogP contribution in [0.4, 0.5) is 36.6 Å². The zero-order valence-corrected chi connectivity index (χ0v) is 29.1. The van der Waals surface area contributed by atoms with Gasteiger partial charge in [-0.2, -0.15) is 0 Å². The molecule has 12 nitrogen and oxygen atoms in total. The Labute approximate surface area is 290 Å². The summed E-state index contributed by atoms with van der Waals surface area (Å²) >= 11 is 0. The molecule has 3 aromatic rings. The number of ether oxygens (including phenoxy) is 4. The smallest absolute Gasteiger partial charge is 0.410 e. The molecule has 3 aliphatic heterocycles. The highest BCUT2D eigenvalue weighted by Crippen LogP contribution is 2.38. The van der Waals surface area contributed by atoms with E-state index in [1.165, 1.54) is 18.1 Å². The fraction of sp³-hybridized carbons (Fsp3) is 0.472. The topological polar surface area (TPSA) is 118 Å². The van der Waals surface area contributed by atoms with Gasteiger partial charge in [-0.3, -0.25) is 4.79 Å². The SMILES string of the molecule is COc1ccc(CN2Cc3c(F)c(N[C@@H]4CCCN(C(=O)OC(C)(C)C)C4)nc(Nc4ccc(N5CCOCC5)cc4F)c3C2=O)c(OC)c1. The highest BCUT2D eigenvalue weighted by molar-refractivity contribution is 6.03. The van der Waals surface area contributed by atoms with Gasteiger partial charge in [0.15, 0.2) is 11.6 Å². The van der Waals surface area contributed by atoms with E-state index in [0.717, 1.165) is 0 Å². The number of morpholine rings is 1. The van der Waals surface area contributed by atoms with Crippen molar-refractivity contribution in [2.75, 3.05) is 69.1 Å². The molecule has 3 aliphatic rings. The molecule has 50 heavy (non-hydrogen) atoms. The van der Waals surface area contributed by atoms with Crippen molar-refractivity contribution in [3.8, 4) is 11.5 Å². The van der Waals surface area contributed by atoms with Crippen LogP contribution in [-0.4, -0.2) is 92.0 Å². The standard InChI is InChI=1S/C36H44F2N6O6/c1-36(2,3)50-35(46)43-12-6-7-23(20-43)39-33-31(38)26-21-44(19-22-8-10-25(47-4)18-29(22)48-5)34(45)30(26)32(41-33)40-28-11-9-24(17-27(28)37)42-13-15-49-16-14-42/h8-11,17-18,23H,6-7,12-16,19-21H2,1-5H3,(H2,39,40,41)/t23-/m1/s1. The van der Waals surface area contributed by atoms with Gasteiger partial charge in [0.25, 0.3) is 5.91 Å². The van der Waals surface area contributed by atoms with E-state index in [0.29, 0.717) is 68.4 Å². The van der Waals surface area contributed by atoms with Crippen LogP contribution in [0.1, 0.15) is 55.1 Å². The normalized spacial score (nSPS) is 17.8. The molecule has 0 bridgehead atoms. The summed E-state index contributed by atoms with van der Waals surface area (Å²) in [5.74, 6) is -0.650. The molecule has 1 atom stereocenters. The van der Waals surface area contributed by atoms with Gasteiger partial charge in [-0.25, -0.2) is 18.6 Å². The lowest BCUT2D eigenvalue weighted by molar-refractivity contribution is 0.0206. The number of halogens is 2. The number of benzene rings is 2. The molecule has 2 N–H and O–H groups in total. The molecule has 1 aromatic heterocycles. The Morgan fingerprint density at radius 2 is 1.82 bits per heavy atom. The Balaban J connectivity index is 1.31. The van der Waals surface area contributed by atoms with Gasteiger partial charge in [0, 0.05) is 61.6 Å². The number of likely N-dealkylation sites (tertiary alicyclic amines) is 1. The van der Waals surface area contributed by atoms with Crippen LogP contribution in [-0.2, 0) is 22.6 Å². The number of hydrogen-bond acceptors (Lipinski definition) is 10. The highest BCUT2D eigenvalue weighted by atomic mass is 19.1. The molecule has 0 aliphatic carbocycles. The van der Waals surface area contributed by atoms with Crippen LogP contribution in [0.25, 0.3) is 0 Å². The molecule has 6 rings (SSSR count).